The zero-order valence-corrected chi connectivity index (χ0v) is 12.1. The molecule has 0 spiro atoms. The molecular weight excluding hydrogens is 329 g/mol. The minimum absolute atomic E-state index is 1.14. The topological polar surface area (TPSA) is 195 Å². The van der Waals surface area contributed by atoms with E-state index in [1.165, 1.54) is 0 Å². The largest absolute Gasteiger partial charge is 0.490 e. The van der Waals surface area contributed by atoms with Crippen molar-refractivity contribution in [1.29, 1.82) is 0 Å². The average molecular weight is 344 g/mol. The number of hydrogen-bond acceptors (Lipinski definition) is 7. The molecule has 1 saturated heterocycles. The van der Waals surface area contributed by atoms with Crippen LogP contribution in [-0.2, 0) is 22.3 Å². The zero-order chi connectivity index (χ0) is 15.2. The van der Waals surface area contributed by atoms with Crippen molar-refractivity contribution in [3.63, 3.8) is 0 Å². The van der Waals surface area contributed by atoms with Crippen molar-refractivity contribution in [2.75, 3.05) is 26.2 Å². The van der Waals surface area contributed by atoms with E-state index >= 15 is 0 Å². The Labute approximate surface area is 108 Å². The Morgan fingerprint density at radius 1 is 0.684 bits per heavy atom. The zero-order valence-electron chi connectivity index (χ0n) is 9.45. The number of rotatable bonds is 4. The highest BCUT2D eigenvalue weighted by Crippen LogP contribution is 2.64. The van der Waals surface area contributed by atoms with Gasteiger partial charge in [-0.1, -0.05) is 0 Å². The van der Waals surface area contributed by atoms with Crippen molar-refractivity contribution in [2.24, 2.45) is 0 Å². The van der Waals surface area contributed by atoms with Gasteiger partial charge in [-0.05, 0) is 0 Å². The molecule has 7 N–H and O–H groups in total. The van der Waals surface area contributed by atoms with E-state index in [0.717, 1.165) is 26.2 Å². The lowest BCUT2D eigenvalue weighted by atomic mass is 10.4. The maximum Gasteiger partial charge on any atom is 0.490 e. The first-order valence-electron chi connectivity index (χ1n) is 4.69. The normalized spacial score (nSPS) is 17.5. The molecule has 1 heterocycles. The predicted octanol–water partition coefficient (Wildman–Crippen LogP) is -1.52. The molecule has 0 aliphatic carbocycles. The summed E-state index contributed by atoms with van der Waals surface area (Å²) in [6.07, 6.45) is 0. The van der Waals surface area contributed by atoms with E-state index in [-0.39, 0.29) is 0 Å². The summed E-state index contributed by atoms with van der Waals surface area (Å²) in [6, 6.07) is 0. The summed E-state index contributed by atoms with van der Waals surface area (Å²) in [7, 11) is -16.2. The van der Waals surface area contributed by atoms with Crippen molar-refractivity contribution in [1.82, 2.24) is 10.6 Å². The molecule has 0 radical (unpaired) electrons. The molecule has 0 atom stereocenters. The van der Waals surface area contributed by atoms with Crippen LogP contribution in [0.2, 0.25) is 0 Å². The molecule has 1 aliphatic rings. The Bertz CT molecular complexity index is 358. The highest BCUT2D eigenvalue weighted by molar-refractivity contribution is 7.66. The maximum absolute atomic E-state index is 10.4. The smallest absolute Gasteiger partial charge is 0.314 e. The second-order valence-corrected chi connectivity index (χ2v) is 7.32. The quantitative estimate of drug-likeness (QED) is 0.292. The van der Waals surface area contributed by atoms with E-state index in [4.69, 9.17) is 24.5 Å². The van der Waals surface area contributed by atoms with Crippen molar-refractivity contribution in [3.05, 3.63) is 0 Å². The van der Waals surface area contributed by atoms with Gasteiger partial charge in [-0.2, -0.15) is 8.62 Å². The van der Waals surface area contributed by atoms with Gasteiger partial charge in [-0.15, -0.1) is 0 Å². The van der Waals surface area contributed by atoms with Crippen LogP contribution in [0, 0.1) is 0 Å². The van der Waals surface area contributed by atoms with Gasteiger partial charge in [0, 0.05) is 26.2 Å². The van der Waals surface area contributed by atoms with Crippen LogP contribution in [0.3, 0.4) is 0 Å². The molecule has 116 valence electrons. The Kier molecular flexibility index (Phi) is 8.08. The minimum atomic E-state index is -5.46. The van der Waals surface area contributed by atoms with Gasteiger partial charge in [-0.3, -0.25) is 0 Å². The second-order valence-electron chi connectivity index (χ2n) is 3.11. The summed E-state index contributed by atoms with van der Waals surface area (Å²) in [5.41, 5.74) is 0. The second kappa shape index (κ2) is 7.94. The van der Waals surface area contributed by atoms with E-state index in [1.807, 2.05) is 0 Å². The highest BCUT2D eigenvalue weighted by Gasteiger charge is 2.38. The summed E-state index contributed by atoms with van der Waals surface area (Å²) in [5, 5.41) is 6.44. The summed E-state index contributed by atoms with van der Waals surface area (Å²) in [6.45, 7) is 4.56. The molecule has 15 heteroatoms. The van der Waals surface area contributed by atoms with E-state index < -0.39 is 23.5 Å². The van der Waals surface area contributed by atoms with Crippen molar-refractivity contribution >= 4 is 23.5 Å². The summed E-state index contributed by atoms with van der Waals surface area (Å²) in [5.74, 6) is 0. The van der Waals surface area contributed by atoms with E-state index in [9.17, 15) is 13.7 Å². The minimum Gasteiger partial charge on any atom is -0.314 e. The number of piperazine rings is 1. The maximum atomic E-state index is 10.4. The first kappa shape index (κ1) is 19.3. The molecule has 0 amide bonds. The fourth-order valence-electron chi connectivity index (χ4n) is 0.887. The molecule has 0 aromatic heterocycles. The fraction of sp³-hybridized carbons (Fsp3) is 1.00. The molecule has 19 heavy (non-hydrogen) atoms. The van der Waals surface area contributed by atoms with Crippen LogP contribution < -0.4 is 10.6 Å². The van der Waals surface area contributed by atoms with Gasteiger partial charge in [0.05, 0.1) is 0 Å². The van der Waals surface area contributed by atoms with Gasteiger partial charge >= 0.3 is 23.5 Å². The van der Waals surface area contributed by atoms with Gasteiger partial charge in [0.25, 0.3) is 0 Å². The number of nitrogens with one attached hydrogen (secondary N) is 2. The summed E-state index contributed by atoms with van der Waals surface area (Å²) >= 11 is 0. The average Bonchev–Trinajstić information content (AvgIpc) is 2.13. The number of phosphoric acid groups is 3. The van der Waals surface area contributed by atoms with E-state index in [1.54, 1.807) is 0 Å². The molecule has 1 rings (SSSR count). The van der Waals surface area contributed by atoms with Crippen LogP contribution in [-0.4, -0.2) is 50.6 Å². The molecule has 1 fully saturated rings. The van der Waals surface area contributed by atoms with E-state index in [0.29, 0.717) is 0 Å². The third-order valence-corrected chi connectivity index (χ3v) is 4.73. The molecule has 0 unspecified atom stereocenters. The van der Waals surface area contributed by atoms with Crippen molar-refractivity contribution in [2.45, 2.75) is 0 Å². The van der Waals surface area contributed by atoms with Crippen molar-refractivity contribution < 1.29 is 46.8 Å². The molecule has 0 bridgehead atoms. The van der Waals surface area contributed by atoms with Crippen LogP contribution in [0.25, 0.3) is 0 Å². The molecule has 1 aliphatic heterocycles. The first-order chi connectivity index (χ1) is 8.41. The third kappa shape index (κ3) is 14.5. The van der Waals surface area contributed by atoms with Crippen LogP contribution in [0.4, 0.5) is 0 Å². The standard InChI is InChI=1S/C4H10N2.H5O10P3/c1-2-6-4-3-5-1;1-11(2,3)9-13(7,8)10-12(4,5)6/h5-6H,1-4H2;(H,7,8)(H2,1,2,3)(H2,4,5,6). The summed E-state index contributed by atoms with van der Waals surface area (Å²) < 4.78 is 36.4. The van der Waals surface area contributed by atoms with Gasteiger partial charge in [0.2, 0.25) is 0 Å². The Morgan fingerprint density at radius 2 is 0.947 bits per heavy atom. The monoisotopic (exact) mass is 344 g/mol. The molecular formula is C4H15N2O10P3. The Morgan fingerprint density at radius 3 is 1.11 bits per heavy atom. The first-order valence-corrected chi connectivity index (χ1v) is 9.25. The Hall–Kier alpha value is 0.330. The van der Waals surface area contributed by atoms with Gasteiger partial charge in [0.1, 0.15) is 0 Å². The van der Waals surface area contributed by atoms with E-state index in [2.05, 4.69) is 19.3 Å². The van der Waals surface area contributed by atoms with Crippen LogP contribution in [0.15, 0.2) is 0 Å². The van der Waals surface area contributed by atoms with Gasteiger partial charge in [-0.25, -0.2) is 13.7 Å². The third-order valence-electron chi connectivity index (χ3n) is 1.38. The lowest BCUT2D eigenvalue weighted by molar-refractivity contribution is 0.204. The highest BCUT2D eigenvalue weighted by atomic mass is 31.3. The molecule has 0 aromatic carbocycles. The molecule has 0 aromatic rings. The molecule has 0 saturated carbocycles. The van der Waals surface area contributed by atoms with Crippen LogP contribution >= 0.6 is 23.5 Å². The predicted molar refractivity (Wildman–Crippen MR) is 61.8 cm³/mol. The Balaban J connectivity index is 0.000000443. The number of hydrogen-bond donors (Lipinski definition) is 7. The fourth-order valence-corrected chi connectivity index (χ4v) is 3.43. The molecule has 12 nitrogen and oxygen atoms in total. The van der Waals surface area contributed by atoms with Crippen LogP contribution in [0.1, 0.15) is 0 Å². The summed E-state index contributed by atoms with van der Waals surface area (Å²) in [4.78, 5) is 40.2. The van der Waals surface area contributed by atoms with Crippen LogP contribution in [0.5, 0.6) is 0 Å². The van der Waals surface area contributed by atoms with Crippen molar-refractivity contribution in [3.8, 4) is 0 Å². The lowest BCUT2D eigenvalue weighted by Crippen LogP contribution is -2.39. The lowest BCUT2D eigenvalue weighted by Gasteiger charge is -2.11. The van der Waals surface area contributed by atoms with Gasteiger partial charge < -0.3 is 35.1 Å². The SMILES string of the molecule is C1CNCCN1.O=P(O)(O)OP(=O)(O)OP(=O)(O)O. The van der Waals surface area contributed by atoms with Gasteiger partial charge in [0.15, 0.2) is 0 Å².